The molecule has 2 aromatic rings. The van der Waals surface area contributed by atoms with Gasteiger partial charge in [-0.1, -0.05) is 30.4 Å². The van der Waals surface area contributed by atoms with Crippen LogP contribution in [0.3, 0.4) is 0 Å². The van der Waals surface area contributed by atoms with E-state index in [-0.39, 0.29) is 29.3 Å². The number of amides is 2. The average Bonchev–Trinajstić information content (AvgIpc) is 3.50. The van der Waals surface area contributed by atoms with Crippen LogP contribution in [0.5, 0.6) is 0 Å². The molecule has 2 aliphatic heterocycles. The first-order chi connectivity index (χ1) is 16.9. The molecule has 0 saturated carbocycles. The molecule has 7 nitrogen and oxygen atoms in total. The number of methoxy groups -OCH3 is 1. The van der Waals surface area contributed by atoms with Gasteiger partial charge in [-0.25, -0.2) is 4.98 Å². The van der Waals surface area contributed by atoms with Crippen molar-refractivity contribution in [1.29, 1.82) is 0 Å². The fraction of sp³-hybridized carbons (Fsp3) is 0.423. The highest BCUT2D eigenvalue weighted by atomic mass is 35.5. The summed E-state index contributed by atoms with van der Waals surface area (Å²) in [5.74, 6) is -0.229. The molecule has 1 aromatic heterocycles. The predicted molar refractivity (Wildman–Crippen MR) is 138 cm³/mol. The van der Waals surface area contributed by atoms with Crippen molar-refractivity contribution in [3.8, 4) is 0 Å². The third-order valence-corrected chi connectivity index (χ3v) is 8.20. The van der Waals surface area contributed by atoms with E-state index in [9.17, 15) is 9.59 Å². The molecule has 0 radical (unpaired) electrons. The monoisotopic (exact) mass is 512 g/mol. The first kappa shape index (κ1) is 24.2. The lowest BCUT2D eigenvalue weighted by atomic mass is 9.99. The predicted octanol–water partition coefficient (Wildman–Crippen LogP) is 4.17. The van der Waals surface area contributed by atoms with E-state index in [1.165, 1.54) is 4.88 Å². The van der Waals surface area contributed by atoms with Crippen molar-refractivity contribution in [1.82, 2.24) is 14.8 Å². The molecule has 3 heterocycles. The number of aromatic nitrogens is 1. The Hall–Kier alpha value is -2.52. The van der Waals surface area contributed by atoms with E-state index in [0.717, 1.165) is 43.6 Å². The lowest BCUT2D eigenvalue weighted by Gasteiger charge is -2.28. The zero-order chi connectivity index (χ0) is 24.5. The third-order valence-electron chi connectivity index (χ3n) is 6.83. The average molecular weight is 513 g/mol. The van der Waals surface area contributed by atoms with Crippen molar-refractivity contribution < 1.29 is 14.3 Å². The molecular weight excluding hydrogens is 484 g/mol. The van der Waals surface area contributed by atoms with Gasteiger partial charge in [0.2, 0.25) is 0 Å². The highest BCUT2D eigenvalue weighted by Gasteiger charge is 2.33. The molecule has 184 valence electrons. The molecule has 5 rings (SSSR count). The second-order valence-corrected chi connectivity index (χ2v) is 10.8. The van der Waals surface area contributed by atoms with E-state index in [2.05, 4.69) is 22.2 Å². The summed E-state index contributed by atoms with van der Waals surface area (Å²) in [4.78, 5) is 36.3. The number of alkyl halides is 1. The Balaban J connectivity index is 1.30. The van der Waals surface area contributed by atoms with Crippen molar-refractivity contribution in [3.05, 3.63) is 69.8 Å². The van der Waals surface area contributed by atoms with Crippen LogP contribution >= 0.6 is 22.9 Å². The molecule has 1 aromatic carbocycles. The van der Waals surface area contributed by atoms with Crippen molar-refractivity contribution in [2.75, 3.05) is 32.6 Å². The molecule has 0 bridgehead atoms. The number of thiazole rings is 1. The first-order valence-electron chi connectivity index (χ1n) is 11.9. The lowest BCUT2D eigenvalue weighted by molar-refractivity contribution is -0.127. The van der Waals surface area contributed by atoms with E-state index in [1.807, 2.05) is 29.2 Å². The van der Waals surface area contributed by atoms with Crippen molar-refractivity contribution in [2.24, 2.45) is 0 Å². The van der Waals surface area contributed by atoms with Gasteiger partial charge < -0.3 is 14.5 Å². The number of nitrogens with zero attached hydrogens (tertiary/aromatic N) is 3. The van der Waals surface area contributed by atoms with Gasteiger partial charge in [-0.3, -0.25) is 14.9 Å². The zero-order valence-electron chi connectivity index (χ0n) is 19.9. The number of ether oxygens (including phenoxy) is 1. The minimum Gasteiger partial charge on any atom is -0.375 e. The number of benzene rings is 1. The molecular formula is C26H29ClN4O3S. The number of fused-ring (bicyclic) bond motifs is 1. The molecule has 1 fully saturated rings. The Bertz CT molecular complexity index is 1190. The number of likely N-dealkylation sites (tertiary alicyclic amines) is 1. The molecule has 35 heavy (non-hydrogen) atoms. The number of rotatable bonds is 5. The second-order valence-electron chi connectivity index (χ2n) is 9.24. The van der Waals surface area contributed by atoms with Crippen molar-refractivity contribution in [2.45, 2.75) is 43.3 Å². The van der Waals surface area contributed by atoms with Crippen LogP contribution in [0, 0.1) is 0 Å². The van der Waals surface area contributed by atoms with E-state index in [4.69, 9.17) is 16.3 Å². The van der Waals surface area contributed by atoms with Gasteiger partial charge in [0.25, 0.3) is 11.8 Å². The largest absolute Gasteiger partial charge is 0.375 e. The Morgan fingerprint density at radius 1 is 1.29 bits per heavy atom. The number of carbonyl (C=O) groups excluding carboxylic acids is 2. The van der Waals surface area contributed by atoms with Crippen LogP contribution in [0.2, 0.25) is 0 Å². The fourth-order valence-corrected chi connectivity index (χ4v) is 6.34. The number of halogens is 1. The maximum absolute atomic E-state index is 13.3. The van der Waals surface area contributed by atoms with Crippen molar-refractivity contribution in [3.63, 3.8) is 0 Å². The topological polar surface area (TPSA) is 74.8 Å². The van der Waals surface area contributed by atoms with Gasteiger partial charge in [-0.15, -0.1) is 22.9 Å². The van der Waals surface area contributed by atoms with Crippen LogP contribution < -0.4 is 5.32 Å². The number of hydrogen-bond acceptors (Lipinski definition) is 6. The van der Waals surface area contributed by atoms with E-state index in [1.54, 1.807) is 36.7 Å². The highest BCUT2D eigenvalue weighted by molar-refractivity contribution is 7.15. The SMILES string of the molecule is COC1C=CC(C(=O)N2CCC[C@@H]2c2cccc(C(=O)Nc3nc4c(s3)CN(C)CC4)c2)=CC1Cl. The molecule has 2 unspecified atom stereocenters. The van der Waals surface area contributed by atoms with Gasteiger partial charge in [-0.05, 0) is 37.6 Å². The fourth-order valence-electron chi connectivity index (χ4n) is 4.93. The van der Waals surface area contributed by atoms with Crippen molar-refractivity contribution >= 4 is 39.9 Å². The number of nitrogens with one attached hydrogen (secondary N) is 1. The number of hydrogen-bond donors (Lipinski definition) is 1. The summed E-state index contributed by atoms with van der Waals surface area (Å²) in [6.45, 7) is 2.52. The summed E-state index contributed by atoms with van der Waals surface area (Å²) in [5, 5.41) is 3.23. The van der Waals surface area contributed by atoms with Gasteiger partial charge in [-0.2, -0.15) is 0 Å². The number of carbonyl (C=O) groups is 2. The highest BCUT2D eigenvalue weighted by Crippen LogP contribution is 2.35. The summed E-state index contributed by atoms with van der Waals surface area (Å²) in [5.41, 5.74) is 3.19. The summed E-state index contributed by atoms with van der Waals surface area (Å²) in [6.07, 6.45) is 7.82. The minimum atomic E-state index is -0.381. The molecule has 1 aliphatic carbocycles. The standard InChI is InChI=1S/C26H29ClN4O3S/c1-30-12-10-20-23(15-30)35-26(28-20)29-24(32)17-6-3-5-16(13-17)21-7-4-11-31(21)25(33)18-8-9-22(34-2)19(27)14-18/h3,5-6,8-9,13-14,19,21-22H,4,7,10-12,15H2,1-2H3,(H,28,29,32)/t19?,21-,22?/m1/s1. The van der Waals surface area contributed by atoms with Crippen LogP contribution in [0.4, 0.5) is 5.13 Å². The minimum absolute atomic E-state index is 0.0443. The van der Waals surface area contributed by atoms with Crippen LogP contribution in [-0.4, -0.2) is 65.3 Å². The van der Waals surface area contributed by atoms with E-state index < -0.39 is 0 Å². The quantitative estimate of drug-likeness (QED) is 0.609. The first-order valence-corrected chi connectivity index (χ1v) is 13.1. The molecule has 9 heteroatoms. The number of anilines is 1. The summed E-state index contributed by atoms with van der Waals surface area (Å²) in [7, 11) is 3.70. The molecule has 2 amide bonds. The Morgan fingerprint density at radius 3 is 2.94 bits per heavy atom. The van der Waals surface area contributed by atoms with E-state index >= 15 is 0 Å². The third kappa shape index (κ3) is 5.07. The van der Waals surface area contributed by atoms with Gasteiger partial charge >= 0.3 is 0 Å². The summed E-state index contributed by atoms with van der Waals surface area (Å²) < 4.78 is 5.32. The summed E-state index contributed by atoms with van der Waals surface area (Å²) in [6, 6.07) is 7.48. The second kappa shape index (κ2) is 10.2. The van der Waals surface area contributed by atoms with Crippen LogP contribution in [-0.2, 0) is 22.5 Å². The maximum atomic E-state index is 13.3. The normalized spacial score (nSPS) is 24.3. The Labute approximate surface area is 214 Å². The van der Waals surface area contributed by atoms with E-state index in [0.29, 0.717) is 22.8 Å². The lowest BCUT2D eigenvalue weighted by Crippen LogP contribution is -2.33. The Morgan fingerprint density at radius 2 is 2.14 bits per heavy atom. The molecule has 0 spiro atoms. The molecule has 3 aliphatic rings. The molecule has 3 atom stereocenters. The van der Waals surface area contributed by atoms with Crippen LogP contribution in [0.1, 0.15) is 45.4 Å². The smallest absolute Gasteiger partial charge is 0.257 e. The van der Waals surface area contributed by atoms with Gasteiger partial charge in [0.05, 0.1) is 23.2 Å². The van der Waals surface area contributed by atoms with Crippen LogP contribution in [0.15, 0.2) is 48.1 Å². The number of likely N-dealkylation sites (N-methyl/N-ethyl adjacent to an activating group) is 1. The van der Waals surface area contributed by atoms with Gasteiger partial charge in [0.15, 0.2) is 5.13 Å². The van der Waals surface area contributed by atoms with Gasteiger partial charge in [0.1, 0.15) is 0 Å². The maximum Gasteiger partial charge on any atom is 0.257 e. The molecule has 1 N–H and O–H groups in total. The van der Waals surface area contributed by atoms with Gasteiger partial charge in [0, 0.05) is 49.2 Å². The Kier molecular flexibility index (Phi) is 7.07. The zero-order valence-corrected chi connectivity index (χ0v) is 21.4. The van der Waals surface area contributed by atoms with Crippen LogP contribution in [0.25, 0.3) is 0 Å². The summed E-state index contributed by atoms with van der Waals surface area (Å²) >= 11 is 7.91. The molecule has 1 saturated heterocycles.